The largest absolute Gasteiger partial charge is 0.494 e. The van der Waals surface area contributed by atoms with Gasteiger partial charge in [-0.05, 0) is 38.9 Å². The van der Waals surface area contributed by atoms with E-state index in [9.17, 15) is 0 Å². The molecule has 0 radical (unpaired) electrons. The first kappa shape index (κ1) is 19.9. The third-order valence-electron chi connectivity index (χ3n) is 3.42. The van der Waals surface area contributed by atoms with E-state index in [-0.39, 0.29) is 0 Å². The molecule has 3 nitrogen and oxygen atoms in total. The maximum Gasteiger partial charge on any atom is 0.112 e. The first-order chi connectivity index (χ1) is 10.2. The van der Waals surface area contributed by atoms with Crippen LogP contribution in [0, 0.1) is 0 Å². The molecule has 3 heteroatoms. The maximum atomic E-state index is 5.50. The number of likely N-dealkylation sites (N-methyl/N-ethyl adjacent to an activating group) is 1. The molecule has 1 fully saturated rings. The quantitative estimate of drug-likeness (QED) is 0.366. The minimum Gasteiger partial charge on any atom is -0.494 e. The Hall–Kier alpha value is -1.06. The number of piperazine rings is 1. The van der Waals surface area contributed by atoms with Crippen molar-refractivity contribution >= 4 is 0 Å². The molecule has 0 spiro atoms. The summed E-state index contributed by atoms with van der Waals surface area (Å²) in [6.07, 6.45) is 9.01. The second kappa shape index (κ2) is 13.9. The van der Waals surface area contributed by atoms with Crippen LogP contribution in [-0.2, 0) is 4.74 Å². The molecule has 0 atom stereocenters. The second-order valence-corrected chi connectivity index (χ2v) is 5.12. The Morgan fingerprint density at radius 2 is 1.76 bits per heavy atom. The van der Waals surface area contributed by atoms with Crippen LogP contribution < -0.4 is 0 Å². The lowest BCUT2D eigenvalue weighted by atomic mass is 10.2. The Kier molecular flexibility index (Phi) is 13.2. The highest BCUT2D eigenvalue weighted by molar-refractivity contribution is 5.12. The number of unbranched alkanes of at least 4 members (excludes halogenated alkanes) is 2. The highest BCUT2D eigenvalue weighted by atomic mass is 16.5. The summed E-state index contributed by atoms with van der Waals surface area (Å²) >= 11 is 0. The molecule has 0 N–H and O–H groups in total. The van der Waals surface area contributed by atoms with Crippen LogP contribution in [0.4, 0.5) is 0 Å². The summed E-state index contributed by atoms with van der Waals surface area (Å²) in [5.74, 6) is 0.721. The zero-order valence-electron chi connectivity index (χ0n) is 14.3. The molecule has 1 rings (SSSR count). The average molecular weight is 294 g/mol. The molecule has 0 unspecified atom stereocenters. The van der Waals surface area contributed by atoms with E-state index in [2.05, 4.69) is 30.0 Å². The van der Waals surface area contributed by atoms with E-state index in [1.165, 1.54) is 45.6 Å². The maximum absolute atomic E-state index is 5.50. The summed E-state index contributed by atoms with van der Waals surface area (Å²) in [5.41, 5.74) is 0. The molecule has 0 aromatic carbocycles. The number of hydrogen-bond donors (Lipinski definition) is 0. The van der Waals surface area contributed by atoms with Gasteiger partial charge in [0, 0.05) is 26.2 Å². The molecule has 0 aromatic rings. The Labute approximate surface area is 132 Å². The van der Waals surface area contributed by atoms with Gasteiger partial charge in [0.15, 0.2) is 0 Å². The highest BCUT2D eigenvalue weighted by Crippen LogP contribution is 2.05. The molecular formula is C18H34N2O. The number of allylic oxidation sites excluding steroid dienone is 3. The predicted octanol–water partition coefficient (Wildman–Crippen LogP) is 3.70. The van der Waals surface area contributed by atoms with Crippen LogP contribution in [-0.4, -0.2) is 56.2 Å². The van der Waals surface area contributed by atoms with Crippen LogP contribution in [0.3, 0.4) is 0 Å². The van der Waals surface area contributed by atoms with E-state index in [0.29, 0.717) is 0 Å². The first-order valence-electron chi connectivity index (χ1n) is 8.24. The Bertz CT molecular complexity index is 292. The minimum absolute atomic E-state index is 0.721. The minimum atomic E-state index is 0.721. The van der Waals surface area contributed by atoms with Gasteiger partial charge in [-0.1, -0.05) is 39.2 Å². The third-order valence-corrected chi connectivity index (χ3v) is 3.42. The van der Waals surface area contributed by atoms with E-state index in [0.717, 1.165) is 18.8 Å². The van der Waals surface area contributed by atoms with Gasteiger partial charge in [-0.3, -0.25) is 0 Å². The zero-order valence-corrected chi connectivity index (χ0v) is 14.3. The molecule has 1 aliphatic heterocycles. The lowest BCUT2D eigenvalue weighted by molar-refractivity contribution is 0.150. The molecule has 0 aliphatic carbocycles. The van der Waals surface area contributed by atoms with Gasteiger partial charge in [0.2, 0.25) is 0 Å². The van der Waals surface area contributed by atoms with Gasteiger partial charge in [0.05, 0.1) is 6.61 Å². The van der Waals surface area contributed by atoms with Gasteiger partial charge in [0.1, 0.15) is 5.76 Å². The van der Waals surface area contributed by atoms with Gasteiger partial charge in [-0.15, -0.1) is 0 Å². The number of hydrogen-bond acceptors (Lipinski definition) is 3. The summed E-state index contributed by atoms with van der Waals surface area (Å²) in [6, 6.07) is 0. The summed E-state index contributed by atoms with van der Waals surface area (Å²) in [7, 11) is 2.20. The second-order valence-electron chi connectivity index (χ2n) is 5.12. The summed E-state index contributed by atoms with van der Waals surface area (Å²) in [6.45, 7) is 18.3. The molecule has 1 heterocycles. The normalized spacial score (nSPS) is 16.3. The predicted molar refractivity (Wildman–Crippen MR) is 93.6 cm³/mol. The van der Waals surface area contributed by atoms with E-state index < -0.39 is 0 Å². The zero-order chi connectivity index (χ0) is 15.9. The van der Waals surface area contributed by atoms with Crippen LogP contribution in [0.1, 0.15) is 33.1 Å². The van der Waals surface area contributed by atoms with Gasteiger partial charge in [0.25, 0.3) is 0 Å². The van der Waals surface area contributed by atoms with Crippen molar-refractivity contribution in [1.29, 1.82) is 0 Å². The average Bonchev–Trinajstić information content (AvgIpc) is 2.52. The lowest BCUT2D eigenvalue weighted by Gasteiger charge is -2.32. The van der Waals surface area contributed by atoms with E-state index >= 15 is 0 Å². The molecule has 1 saturated heterocycles. The Balaban J connectivity index is 0.00000191. The number of ether oxygens (including phenoxy) is 1. The fraction of sp³-hybridized carbons (Fsp3) is 0.667. The summed E-state index contributed by atoms with van der Waals surface area (Å²) in [4.78, 5) is 4.96. The van der Waals surface area contributed by atoms with E-state index in [4.69, 9.17) is 4.74 Å². The molecule has 0 aromatic heterocycles. The Morgan fingerprint density at radius 1 is 1.10 bits per heavy atom. The molecule has 122 valence electrons. The molecule has 0 amide bonds. The molecular weight excluding hydrogens is 260 g/mol. The van der Waals surface area contributed by atoms with Crippen LogP contribution in [0.2, 0.25) is 0 Å². The van der Waals surface area contributed by atoms with Crippen molar-refractivity contribution < 1.29 is 4.74 Å². The number of nitrogens with zero attached hydrogens (tertiary/aromatic N) is 2. The number of rotatable bonds is 9. The molecule has 0 bridgehead atoms. The fourth-order valence-electron chi connectivity index (χ4n) is 2.11. The highest BCUT2D eigenvalue weighted by Gasteiger charge is 2.12. The van der Waals surface area contributed by atoms with Crippen molar-refractivity contribution in [2.75, 3.05) is 46.4 Å². The summed E-state index contributed by atoms with van der Waals surface area (Å²) < 4.78 is 5.50. The molecule has 21 heavy (non-hydrogen) atoms. The van der Waals surface area contributed by atoms with Crippen molar-refractivity contribution in [2.24, 2.45) is 0 Å². The van der Waals surface area contributed by atoms with Crippen molar-refractivity contribution in [2.45, 2.75) is 33.1 Å². The fourth-order valence-corrected chi connectivity index (χ4v) is 2.11. The summed E-state index contributed by atoms with van der Waals surface area (Å²) in [5, 5.41) is 0. The monoisotopic (exact) mass is 294 g/mol. The van der Waals surface area contributed by atoms with Crippen molar-refractivity contribution in [3.63, 3.8) is 0 Å². The van der Waals surface area contributed by atoms with Crippen molar-refractivity contribution in [3.8, 4) is 0 Å². The molecule has 1 aliphatic rings. The van der Waals surface area contributed by atoms with Crippen LogP contribution in [0.5, 0.6) is 0 Å². The SMILES string of the molecule is C=C/C=C\C(=C)OCCCCCN1CCN(C)CC1.CC. The third kappa shape index (κ3) is 11.3. The van der Waals surface area contributed by atoms with Gasteiger partial charge >= 0.3 is 0 Å². The van der Waals surface area contributed by atoms with Crippen LogP contribution in [0.25, 0.3) is 0 Å². The van der Waals surface area contributed by atoms with Crippen LogP contribution in [0.15, 0.2) is 37.1 Å². The standard InChI is InChI=1S/C16H28N2O.C2H6/c1-4-5-9-16(2)19-15-8-6-7-10-18-13-11-17(3)12-14-18;1-2/h4-5,9H,1-2,6-8,10-15H2,3H3;1-2H3/b9-5-;. The smallest absolute Gasteiger partial charge is 0.112 e. The van der Waals surface area contributed by atoms with E-state index in [1.807, 2.05) is 26.0 Å². The lowest BCUT2D eigenvalue weighted by Crippen LogP contribution is -2.44. The molecule has 0 saturated carbocycles. The van der Waals surface area contributed by atoms with Gasteiger partial charge in [-0.2, -0.15) is 0 Å². The van der Waals surface area contributed by atoms with Crippen molar-refractivity contribution in [1.82, 2.24) is 9.80 Å². The van der Waals surface area contributed by atoms with Crippen molar-refractivity contribution in [3.05, 3.63) is 37.1 Å². The first-order valence-corrected chi connectivity index (χ1v) is 8.24. The van der Waals surface area contributed by atoms with Crippen LogP contribution >= 0.6 is 0 Å². The topological polar surface area (TPSA) is 15.7 Å². The van der Waals surface area contributed by atoms with E-state index in [1.54, 1.807) is 6.08 Å². The Morgan fingerprint density at radius 3 is 2.38 bits per heavy atom. The van der Waals surface area contributed by atoms with Gasteiger partial charge in [-0.25, -0.2) is 0 Å². The van der Waals surface area contributed by atoms with Gasteiger partial charge < -0.3 is 14.5 Å².